The van der Waals surface area contributed by atoms with Gasteiger partial charge in [0.15, 0.2) is 6.61 Å². The molecule has 1 amide bonds. The summed E-state index contributed by atoms with van der Waals surface area (Å²) in [5.74, 6) is 0.937. The van der Waals surface area contributed by atoms with Crippen LogP contribution in [0.5, 0.6) is 5.75 Å². The third-order valence-corrected chi connectivity index (χ3v) is 5.74. The van der Waals surface area contributed by atoms with Crippen molar-refractivity contribution in [1.82, 2.24) is 15.2 Å². The molecule has 1 aliphatic heterocycles. The summed E-state index contributed by atoms with van der Waals surface area (Å²) in [5.41, 5.74) is 3.06. The highest BCUT2D eigenvalue weighted by Gasteiger charge is 2.21. The molecule has 29 heavy (non-hydrogen) atoms. The lowest BCUT2D eigenvalue weighted by atomic mass is 10.0. The van der Waals surface area contributed by atoms with Crippen molar-refractivity contribution in [3.05, 3.63) is 58.4 Å². The number of nitrogens with one attached hydrogen (secondary N) is 1. The van der Waals surface area contributed by atoms with Crippen LogP contribution in [0, 0.1) is 6.92 Å². The summed E-state index contributed by atoms with van der Waals surface area (Å²) in [4.78, 5) is 19.2. The van der Waals surface area contributed by atoms with Gasteiger partial charge in [0.25, 0.3) is 5.91 Å². The number of likely N-dealkylation sites (tertiary alicyclic amines) is 1. The van der Waals surface area contributed by atoms with Crippen LogP contribution in [0.1, 0.15) is 49.4 Å². The van der Waals surface area contributed by atoms with E-state index < -0.39 is 0 Å². The monoisotopic (exact) mass is 415 g/mol. The molecule has 0 radical (unpaired) electrons. The summed E-state index contributed by atoms with van der Waals surface area (Å²) in [6, 6.07) is 10.1. The Bertz CT molecular complexity index is 818. The number of piperidine rings is 1. The van der Waals surface area contributed by atoms with Crippen LogP contribution in [0.25, 0.3) is 0 Å². The van der Waals surface area contributed by atoms with Gasteiger partial charge in [-0.15, -0.1) is 0 Å². The summed E-state index contributed by atoms with van der Waals surface area (Å²) in [6.07, 6.45) is 3.71. The number of aromatic nitrogens is 1. The molecule has 1 saturated heterocycles. The summed E-state index contributed by atoms with van der Waals surface area (Å²) in [7, 11) is 0. The largest absolute Gasteiger partial charge is 0.483 e. The molecule has 1 aliphatic rings. The van der Waals surface area contributed by atoms with Gasteiger partial charge in [-0.1, -0.05) is 31.5 Å². The first kappa shape index (κ1) is 21.6. The van der Waals surface area contributed by atoms with Crippen molar-refractivity contribution >= 4 is 17.5 Å². The lowest BCUT2D eigenvalue weighted by Gasteiger charge is -2.32. The molecule has 2 aromatic rings. The zero-order valence-electron chi connectivity index (χ0n) is 17.5. The molecule has 0 aliphatic carbocycles. The number of benzene rings is 1. The summed E-state index contributed by atoms with van der Waals surface area (Å²) in [5, 5.41) is 3.84. The molecular weight excluding hydrogens is 386 g/mol. The minimum absolute atomic E-state index is 0.0228. The first-order valence-corrected chi connectivity index (χ1v) is 10.6. The Morgan fingerprint density at radius 3 is 2.72 bits per heavy atom. The molecule has 0 saturated carbocycles. The molecule has 0 spiro atoms. The maximum Gasteiger partial charge on any atom is 0.258 e. The van der Waals surface area contributed by atoms with Gasteiger partial charge < -0.3 is 10.1 Å². The zero-order chi connectivity index (χ0) is 20.8. The average Bonchev–Trinajstić information content (AvgIpc) is 2.70. The Balaban J connectivity index is 1.46. The maximum atomic E-state index is 12.4. The van der Waals surface area contributed by atoms with E-state index in [1.165, 1.54) is 0 Å². The quantitative estimate of drug-likeness (QED) is 0.731. The van der Waals surface area contributed by atoms with Crippen molar-refractivity contribution in [3.8, 4) is 5.75 Å². The molecule has 1 N–H and O–H groups in total. The molecule has 5 nitrogen and oxygen atoms in total. The van der Waals surface area contributed by atoms with E-state index in [1.807, 2.05) is 37.4 Å². The van der Waals surface area contributed by atoms with Crippen molar-refractivity contribution < 1.29 is 9.53 Å². The van der Waals surface area contributed by atoms with Crippen molar-refractivity contribution in [1.29, 1.82) is 0 Å². The van der Waals surface area contributed by atoms with Crippen molar-refractivity contribution in [2.45, 2.75) is 52.1 Å². The topological polar surface area (TPSA) is 54.5 Å². The number of carbonyl (C=O) groups excluding carboxylic acids is 1. The number of aryl methyl sites for hydroxylation is 1. The van der Waals surface area contributed by atoms with E-state index in [0.29, 0.717) is 0 Å². The molecule has 1 aromatic carbocycles. The van der Waals surface area contributed by atoms with Crippen molar-refractivity contribution in [2.24, 2.45) is 0 Å². The highest BCUT2D eigenvalue weighted by Crippen LogP contribution is 2.32. The lowest BCUT2D eigenvalue weighted by Crippen LogP contribution is -2.45. The molecule has 3 rings (SSSR count). The van der Waals surface area contributed by atoms with Gasteiger partial charge in [-0.25, -0.2) is 0 Å². The van der Waals surface area contributed by atoms with Crippen LogP contribution >= 0.6 is 11.6 Å². The molecular formula is C23H30ClN3O2. The lowest BCUT2D eigenvalue weighted by molar-refractivity contribution is -0.124. The maximum absolute atomic E-state index is 12.4. The van der Waals surface area contributed by atoms with Crippen LogP contribution in [-0.4, -0.2) is 41.5 Å². The number of nitrogens with zero attached hydrogens (tertiary/aromatic N) is 2. The van der Waals surface area contributed by atoms with E-state index in [1.54, 1.807) is 0 Å². The molecule has 0 atom stereocenters. The second-order valence-electron chi connectivity index (χ2n) is 8.02. The van der Waals surface area contributed by atoms with Crippen LogP contribution in [0.3, 0.4) is 0 Å². The van der Waals surface area contributed by atoms with E-state index in [0.717, 1.165) is 60.1 Å². The second-order valence-corrected chi connectivity index (χ2v) is 8.43. The van der Waals surface area contributed by atoms with Gasteiger partial charge in [0.2, 0.25) is 0 Å². The third-order valence-electron chi connectivity index (χ3n) is 5.34. The van der Waals surface area contributed by atoms with E-state index in [2.05, 4.69) is 35.1 Å². The van der Waals surface area contributed by atoms with Crippen molar-refractivity contribution in [2.75, 3.05) is 19.7 Å². The van der Waals surface area contributed by atoms with Gasteiger partial charge in [-0.05, 0) is 61.1 Å². The molecule has 0 unspecified atom stereocenters. The third kappa shape index (κ3) is 6.18. The number of ether oxygens (including phenoxy) is 1. The van der Waals surface area contributed by atoms with Crippen LogP contribution in [0.15, 0.2) is 36.5 Å². The van der Waals surface area contributed by atoms with E-state index in [-0.39, 0.29) is 24.5 Å². The Labute approximate surface area is 178 Å². The Hall–Kier alpha value is -2.11. The molecule has 2 heterocycles. The molecule has 6 heteroatoms. The van der Waals surface area contributed by atoms with Gasteiger partial charge in [-0.2, -0.15) is 0 Å². The number of hydrogen-bond donors (Lipinski definition) is 1. The number of halogens is 1. The predicted molar refractivity (Wildman–Crippen MR) is 116 cm³/mol. The Morgan fingerprint density at radius 2 is 2.07 bits per heavy atom. The van der Waals surface area contributed by atoms with E-state index >= 15 is 0 Å². The number of carbonyl (C=O) groups is 1. The van der Waals surface area contributed by atoms with Gasteiger partial charge >= 0.3 is 0 Å². The predicted octanol–water partition coefficient (Wildman–Crippen LogP) is 4.33. The van der Waals surface area contributed by atoms with Crippen LogP contribution in [0.2, 0.25) is 5.02 Å². The second kappa shape index (κ2) is 10.1. The summed E-state index contributed by atoms with van der Waals surface area (Å²) < 4.78 is 5.85. The molecule has 0 bridgehead atoms. The standard InChI is InChI=1S/C23H30ClN3O2/c1-16(2)20-13-21(24)17(3)12-22(20)29-15-23(28)26-18-7-10-27(11-8-18)14-19-6-4-5-9-25-19/h4-6,9,12-13,16,18H,7-8,10-11,14-15H2,1-3H3,(H,26,28). The SMILES string of the molecule is Cc1cc(OCC(=O)NC2CCN(Cc3ccccn3)CC2)c(C(C)C)cc1Cl. The normalized spacial score (nSPS) is 15.5. The minimum atomic E-state index is -0.0736. The first-order chi connectivity index (χ1) is 13.9. The summed E-state index contributed by atoms with van der Waals surface area (Å²) in [6.45, 7) is 8.91. The number of pyridine rings is 1. The van der Waals surface area contributed by atoms with Crippen LogP contribution in [-0.2, 0) is 11.3 Å². The zero-order valence-corrected chi connectivity index (χ0v) is 18.2. The van der Waals surface area contributed by atoms with E-state index in [4.69, 9.17) is 16.3 Å². The van der Waals surface area contributed by atoms with Crippen LogP contribution in [0.4, 0.5) is 0 Å². The molecule has 1 aromatic heterocycles. The van der Waals surface area contributed by atoms with Gasteiger partial charge in [0, 0.05) is 36.9 Å². The smallest absolute Gasteiger partial charge is 0.258 e. The fraction of sp³-hybridized carbons (Fsp3) is 0.478. The van der Waals surface area contributed by atoms with Crippen molar-refractivity contribution in [3.63, 3.8) is 0 Å². The van der Waals surface area contributed by atoms with Gasteiger partial charge in [-0.3, -0.25) is 14.7 Å². The van der Waals surface area contributed by atoms with Crippen LogP contribution < -0.4 is 10.1 Å². The first-order valence-electron chi connectivity index (χ1n) is 10.3. The average molecular weight is 416 g/mol. The number of amides is 1. The Kier molecular flexibility index (Phi) is 7.51. The van der Waals surface area contributed by atoms with Gasteiger partial charge in [0.1, 0.15) is 5.75 Å². The fourth-order valence-corrected chi connectivity index (χ4v) is 3.79. The number of rotatable bonds is 7. The highest BCUT2D eigenvalue weighted by molar-refractivity contribution is 6.31. The van der Waals surface area contributed by atoms with E-state index in [9.17, 15) is 4.79 Å². The fourth-order valence-electron chi connectivity index (χ4n) is 3.62. The number of hydrogen-bond acceptors (Lipinski definition) is 4. The summed E-state index contributed by atoms with van der Waals surface area (Å²) >= 11 is 6.24. The molecule has 1 fully saturated rings. The Morgan fingerprint density at radius 1 is 1.31 bits per heavy atom. The highest BCUT2D eigenvalue weighted by atomic mass is 35.5. The molecule has 156 valence electrons. The minimum Gasteiger partial charge on any atom is -0.483 e. The van der Waals surface area contributed by atoms with Gasteiger partial charge in [0.05, 0.1) is 5.69 Å².